The first kappa shape index (κ1) is 24.7. The average molecular weight is 629 g/mol. The Bertz CT molecular complexity index is 1290. The average Bonchev–Trinajstić information content (AvgIpc) is 3.17. The Morgan fingerprint density at radius 1 is 0.853 bits per heavy atom. The number of hydrogen-bond acceptors (Lipinski definition) is 3. The van der Waals surface area contributed by atoms with E-state index < -0.39 is 0 Å². The van der Waals surface area contributed by atoms with Gasteiger partial charge in [0.05, 0.1) is 5.70 Å². The molecule has 179 valence electrons. The van der Waals surface area contributed by atoms with Gasteiger partial charge in [0.25, 0.3) is 0 Å². The zero-order valence-electron chi connectivity index (χ0n) is 21.3. The van der Waals surface area contributed by atoms with Gasteiger partial charge in [-0.25, -0.2) is 0 Å². The van der Waals surface area contributed by atoms with Gasteiger partial charge in [0, 0.05) is 38.1 Å². The van der Waals surface area contributed by atoms with Crippen molar-refractivity contribution in [1.29, 1.82) is 0 Å². The molecule has 2 aromatic carbocycles. The van der Waals surface area contributed by atoms with Gasteiger partial charge >= 0.3 is 0 Å². The van der Waals surface area contributed by atoms with Crippen molar-refractivity contribution >= 4 is 17.1 Å². The van der Waals surface area contributed by atoms with Crippen LogP contribution in [0, 0.1) is 26.6 Å². The predicted octanol–water partition coefficient (Wildman–Crippen LogP) is 7.55. The number of hydrogen-bond donors (Lipinski definition) is 0. The molecule has 0 aliphatic carbocycles. The molecule has 34 heavy (non-hydrogen) atoms. The van der Waals surface area contributed by atoms with Crippen molar-refractivity contribution in [3.05, 3.63) is 88.9 Å². The first-order valence-corrected chi connectivity index (χ1v) is 11.6. The molecule has 5 rings (SSSR count). The third-order valence-corrected chi connectivity index (χ3v) is 6.74. The maximum atomic E-state index is 6.29. The molecule has 0 saturated heterocycles. The smallest absolute Gasteiger partial charge is 0.117 e. The molecule has 3 nitrogen and oxygen atoms in total. The molecule has 0 N–H and O–H groups in total. The van der Waals surface area contributed by atoms with Crippen LogP contribution in [-0.4, -0.2) is 4.98 Å². The number of rotatable bonds is 1. The summed E-state index contributed by atoms with van der Waals surface area (Å²) in [6.45, 7) is 19.6. The Hall–Kier alpha value is -2.42. The summed E-state index contributed by atoms with van der Waals surface area (Å²) in [5.74, 6) is 0.885. The van der Waals surface area contributed by atoms with Crippen molar-refractivity contribution in [2.45, 2.75) is 66.2 Å². The Morgan fingerprint density at radius 2 is 1.47 bits per heavy atom. The van der Waals surface area contributed by atoms with E-state index in [9.17, 15) is 0 Å². The second kappa shape index (κ2) is 8.36. The number of aryl methyl sites for hydroxylation is 2. The minimum absolute atomic E-state index is 0. The van der Waals surface area contributed by atoms with E-state index in [2.05, 4.69) is 102 Å². The predicted molar refractivity (Wildman–Crippen MR) is 137 cm³/mol. The molecule has 0 atom stereocenters. The van der Waals surface area contributed by atoms with Gasteiger partial charge in [-0.2, -0.15) is 18.2 Å². The third kappa shape index (κ3) is 3.91. The number of fused-ring (bicyclic) bond motifs is 6. The van der Waals surface area contributed by atoms with Crippen LogP contribution in [0.3, 0.4) is 0 Å². The molecule has 0 spiro atoms. The molecular weight excluding hydrogens is 597 g/mol. The van der Waals surface area contributed by atoms with Crippen LogP contribution in [0.5, 0.6) is 0 Å². The fourth-order valence-corrected chi connectivity index (χ4v) is 4.74. The standard InChI is InChI=1S/C30H32N2O.Ir/c1-18-15-31-16-19(2)26(18)28-27-22-11-9-20(29(3,4)5)13-23(22)24-14-21(30(6,7)8)10-12-25(24)32(27)17-33-28;/h9-11,13-17H,1-8H3;/q-2;. The van der Waals surface area contributed by atoms with Gasteiger partial charge in [0.2, 0.25) is 0 Å². The van der Waals surface area contributed by atoms with Crippen molar-refractivity contribution in [3.63, 3.8) is 0 Å². The Balaban J connectivity index is 0.00000274. The summed E-state index contributed by atoms with van der Waals surface area (Å²) in [7, 11) is 0. The SMILES string of the molecule is Cc1cncc(C)c1C1=C2c3ccc(C(C)(C)C)cc3-c3cc(C(C)(C)C)c[c-]c3N2[CH-]O1.[Ir]. The monoisotopic (exact) mass is 629 g/mol. The van der Waals surface area contributed by atoms with Crippen molar-refractivity contribution < 1.29 is 24.8 Å². The zero-order valence-corrected chi connectivity index (χ0v) is 23.6. The molecule has 0 amide bonds. The van der Waals surface area contributed by atoms with E-state index in [1.165, 1.54) is 27.8 Å². The van der Waals surface area contributed by atoms with Gasteiger partial charge in [0.1, 0.15) is 5.76 Å². The molecule has 4 heteroatoms. The molecule has 0 saturated carbocycles. The number of nitrogens with zero attached hydrogens (tertiary/aromatic N) is 2. The second-order valence-electron chi connectivity index (χ2n) is 11.3. The van der Waals surface area contributed by atoms with Crippen LogP contribution in [0.2, 0.25) is 0 Å². The van der Waals surface area contributed by atoms with Crippen LogP contribution < -0.4 is 4.90 Å². The van der Waals surface area contributed by atoms with E-state index in [0.717, 1.165) is 33.8 Å². The Kier molecular flexibility index (Phi) is 6.07. The fraction of sp³-hybridized carbons (Fsp3) is 0.333. The summed E-state index contributed by atoms with van der Waals surface area (Å²) < 4.78 is 6.29. The van der Waals surface area contributed by atoms with E-state index in [0.29, 0.717) is 0 Å². The van der Waals surface area contributed by atoms with Crippen LogP contribution >= 0.6 is 0 Å². The Morgan fingerprint density at radius 3 is 2.09 bits per heavy atom. The largest absolute Gasteiger partial charge is 0.640 e. The molecule has 3 heterocycles. The number of ether oxygens (including phenoxy) is 1. The number of benzene rings is 2. The van der Waals surface area contributed by atoms with E-state index >= 15 is 0 Å². The summed E-state index contributed by atoms with van der Waals surface area (Å²) in [6, 6.07) is 15.0. The molecule has 1 radical (unpaired) electrons. The summed E-state index contributed by atoms with van der Waals surface area (Å²) in [4.78, 5) is 6.53. The van der Waals surface area contributed by atoms with Crippen LogP contribution in [0.25, 0.3) is 22.6 Å². The molecular formula is C30H32IrN2O-2. The van der Waals surface area contributed by atoms with E-state index in [1.54, 1.807) is 0 Å². The fourth-order valence-electron chi connectivity index (χ4n) is 4.74. The minimum Gasteiger partial charge on any atom is -0.640 e. The molecule has 0 bridgehead atoms. The maximum Gasteiger partial charge on any atom is 0.117 e. The maximum absolute atomic E-state index is 6.29. The first-order chi connectivity index (χ1) is 15.5. The van der Waals surface area contributed by atoms with Gasteiger partial charge in [-0.3, -0.25) is 4.98 Å². The second-order valence-corrected chi connectivity index (χ2v) is 11.3. The normalized spacial score (nSPS) is 14.8. The molecule has 0 unspecified atom stereocenters. The van der Waals surface area contributed by atoms with Crippen LogP contribution in [0.1, 0.15) is 74.9 Å². The quantitative estimate of drug-likeness (QED) is 0.260. The van der Waals surface area contributed by atoms with E-state index in [4.69, 9.17) is 4.74 Å². The van der Waals surface area contributed by atoms with Crippen molar-refractivity contribution in [1.82, 2.24) is 4.98 Å². The Labute approximate surface area is 217 Å². The third-order valence-electron chi connectivity index (χ3n) is 6.74. The van der Waals surface area contributed by atoms with Gasteiger partial charge in [-0.05, 0) is 41.5 Å². The molecule has 2 aliphatic heterocycles. The van der Waals surface area contributed by atoms with E-state index in [1.807, 2.05) is 19.1 Å². The zero-order chi connectivity index (χ0) is 23.7. The van der Waals surface area contributed by atoms with Crippen LogP contribution in [0.4, 0.5) is 5.69 Å². The molecule has 1 aromatic heterocycles. The van der Waals surface area contributed by atoms with Crippen LogP contribution in [-0.2, 0) is 35.7 Å². The summed E-state index contributed by atoms with van der Waals surface area (Å²) >= 11 is 0. The van der Waals surface area contributed by atoms with E-state index in [-0.39, 0.29) is 30.9 Å². The summed E-state index contributed by atoms with van der Waals surface area (Å²) in [6.07, 6.45) is 3.81. The molecule has 2 aliphatic rings. The van der Waals surface area contributed by atoms with Crippen molar-refractivity contribution in [2.75, 3.05) is 4.90 Å². The van der Waals surface area contributed by atoms with Gasteiger partial charge in [-0.1, -0.05) is 83.1 Å². The summed E-state index contributed by atoms with van der Waals surface area (Å²) in [5, 5.41) is 0. The molecule has 3 aromatic rings. The van der Waals surface area contributed by atoms with Gasteiger partial charge in [0.15, 0.2) is 0 Å². The summed E-state index contributed by atoms with van der Waals surface area (Å²) in [5.41, 5.74) is 11.8. The van der Waals surface area contributed by atoms with Gasteiger partial charge < -0.3 is 9.64 Å². The molecule has 0 fully saturated rings. The first-order valence-electron chi connectivity index (χ1n) is 11.6. The van der Waals surface area contributed by atoms with Crippen molar-refractivity contribution in [2.24, 2.45) is 0 Å². The topological polar surface area (TPSA) is 25.4 Å². The van der Waals surface area contributed by atoms with Crippen LogP contribution in [0.15, 0.2) is 42.7 Å². The van der Waals surface area contributed by atoms with Crippen molar-refractivity contribution in [3.8, 4) is 11.1 Å². The minimum atomic E-state index is 0. The number of pyridine rings is 1. The number of anilines is 1. The van der Waals surface area contributed by atoms with Gasteiger partial charge in [-0.15, -0.1) is 11.1 Å². The number of aromatic nitrogens is 1.